The zero-order valence-electron chi connectivity index (χ0n) is 11.6. The molecule has 3 rings (SSSR count). The van der Waals surface area contributed by atoms with Crippen LogP contribution in [0.3, 0.4) is 0 Å². The first-order valence-electron chi connectivity index (χ1n) is 6.65. The first kappa shape index (κ1) is 14.0. The summed E-state index contributed by atoms with van der Waals surface area (Å²) in [6.07, 6.45) is 3.69. The Balaban J connectivity index is 1.98. The predicted molar refractivity (Wildman–Crippen MR) is 85.6 cm³/mol. The summed E-state index contributed by atoms with van der Waals surface area (Å²) in [6.45, 7) is 2.65. The van der Waals surface area contributed by atoms with Crippen LogP contribution in [0, 0.1) is 12.7 Å². The van der Waals surface area contributed by atoms with Crippen molar-refractivity contribution in [2.45, 2.75) is 13.5 Å². The number of imidazole rings is 1. The second-order valence-corrected chi connectivity index (χ2v) is 5.89. The number of nitrogens with zero attached hydrogens (tertiary/aromatic N) is 2. The Morgan fingerprint density at radius 3 is 2.76 bits per heavy atom. The van der Waals surface area contributed by atoms with Gasteiger partial charge in [0.25, 0.3) is 0 Å². The Hall–Kier alpha value is -1.94. The zero-order chi connectivity index (χ0) is 14.8. The van der Waals surface area contributed by atoms with Crippen molar-refractivity contribution in [1.82, 2.24) is 9.55 Å². The number of aromatic nitrogens is 2. The Morgan fingerprint density at radius 1 is 1.19 bits per heavy atom. The van der Waals surface area contributed by atoms with E-state index in [-0.39, 0.29) is 5.82 Å². The average molecular weight is 345 g/mol. The molecule has 2 nitrogen and oxygen atoms in total. The van der Waals surface area contributed by atoms with E-state index in [0.717, 1.165) is 21.4 Å². The smallest absolute Gasteiger partial charge is 0.140 e. The van der Waals surface area contributed by atoms with Crippen molar-refractivity contribution in [3.63, 3.8) is 0 Å². The third-order valence-corrected chi connectivity index (χ3v) is 3.83. The molecular formula is C17H14BrFN2. The second kappa shape index (κ2) is 5.82. The fourth-order valence-electron chi connectivity index (χ4n) is 2.40. The van der Waals surface area contributed by atoms with Gasteiger partial charge in [-0.1, -0.05) is 40.2 Å². The van der Waals surface area contributed by atoms with E-state index in [1.54, 1.807) is 12.3 Å². The lowest BCUT2D eigenvalue weighted by Gasteiger charge is -2.10. The fourth-order valence-corrected chi connectivity index (χ4v) is 2.92. The normalized spacial score (nSPS) is 10.8. The monoisotopic (exact) mass is 344 g/mol. The van der Waals surface area contributed by atoms with Crippen molar-refractivity contribution < 1.29 is 4.39 Å². The molecule has 0 atom stereocenters. The lowest BCUT2D eigenvalue weighted by Crippen LogP contribution is -2.02. The quantitative estimate of drug-likeness (QED) is 0.666. The average Bonchev–Trinajstić information content (AvgIpc) is 2.86. The van der Waals surface area contributed by atoms with Crippen LogP contribution in [0.1, 0.15) is 11.1 Å². The summed E-state index contributed by atoms with van der Waals surface area (Å²) >= 11 is 3.33. The van der Waals surface area contributed by atoms with Gasteiger partial charge in [-0.2, -0.15) is 0 Å². The largest absolute Gasteiger partial charge is 0.327 e. The van der Waals surface area contributed by atoms with Crippen LogP contribution in [0.25, 0.3) is 11.4 Å². The zero-order valence-corrected chi connectivity index (χ0v) is 13.1. The summed E-state index contributed by atoms with van der Waals surface area (Å²) in [7, 11) is 0. The number of hydrogen-bond donors (Lipinski definition) is 0. The molecule has 0 saturated heterocycles. The van der Waals surface area contributed by atoms with E-state index in [1.807, 2.05) is 29.0 Å². The Kier molecular flexibility index (Phi) is 3.88. The molecule has 106 valence electrons. The third-order valence-electron chi connectivity index (χ3n) is 3.38. The standard InChI is InChI=1S/C17H14BrFN2/c1-12-4-2-3-5-16(12)17-20-6-7-21(17)11-13-8-14(18)10-15(19)9-13/h2-10H,11H2,1H3. The molecule has 21 heavy (non-hydrogen) atoms. The lowest BCUT2D eigenvalue weighted by molar-refractivity contribution is 0.622. The van der Waals surface area contributed by atoms with Crippen LogP contribution in [-0.4, -0.2) is 9.55 Å². The summed E-state index contributed by atoms with van der Waals surface area (Å²) in [6, 6.07) is 13.1. The summed E-state index contributed by atoms with van der Waals surface area (Å²) in [5.74, 6) is 0.658. The minimum Gasteiger partial charge on any atom is -0.327 e. The van der Waals surface area contributed by atoms with Gasteiger partial charge in [0.2, 0.25) is 0 Å². The summed E-state index contributed by atoms with van der Waals surface area (Å²) < 4.78 is 16.3. The highest BCUT2D eigenvalue weighted by Crippen LogP contribution is 2.23. The molecule has 0 radical (unpaired) electrons. The molecule has 2 aromatic carbocycles. The summed E-state index contributed by atoms with van der Waals surface area (Å²) in [5, 5.41) is 0. The molecule has 0 amide bonds. The third kappa shape index (κ3) is 3.05. The van der Waals surface area contributed by atoms with E-state index < -0.39 is 0 Å². The van der Waals surface area contributed by atoms with Gasteiger partial charge in [-0.3, -0.25) is 0 Å². The molecule has 0 unspecified atom stereocenters. The van der Waals surface area contributed by atoms with Crippen LogP contribution < -0.4 is 0 Å². The number of halogens is 2. The molecule has 0 aliphatic carbocycles. The first-order chi connectivity index (χ1) is 10.1. The van der Waals surface area contributed by atoms with Gasteiger partial charge in [0.05, 0.1) is 0 Å². The van der Waals surface area contributed by atoms with Gasteiger partial charge in [-0.05, 0) is 36.2 Å². The van der Waals surface area contributed by atoms with Crippen molar-refractivity contribution >= 4 is 15.9 Å². The van der Waals surface area contributed by atoms with Crippen LogP contribution in [0.15, 0.2) is 59.3 Å². The van der Waals surface area contributed by atoms with Gasteiger partial charge in [-0.15, -0.1) is 0 Å². The van der Waals surface area contributed by atoms with Crippen LogP contribution >= 0.6 is 15.9 Å². The van der Waals surface area contributed by atoms with Gasteiger partial charge in [0.1, 0.15) is 11.6 Å². The molecule has 0 aliphatic heterocycles. The van der Waals surface area contributed by atoms with Crippen LogP contribution in [-0.2, 0) is 6.54 Å². The lowest BCUT2D eigenvalue weighted by atomic mass is 10.1. The maximum Gasteiger partial charge on any atom is 0.140 e. The van der Waals surface area contributed by atoms with Gasteiger partial charge in [0.15, 0.2) is 0 Å². The first-order valence-corrected chi connectivity index (χ1v) is 7.45. The second-order valence-electron chi connectivity index (χ2n) is 4.97. The number of aryl methyl sites for hydroxylation is 1. The predicted octanol–water partition coefficient (Wildman–Crippen LogP) is 4.81. The van der Waals surface area contributed by atoms with Crippen LogP contribution in [0.2, 0.25) is 0 Å². The van der Waals surface area contributed by atoms with Gasteiger partial charge in [0, 0.05) is 29.0 Å². The molecule has 0 fully saturated rings. The van der Waals surface area contributed by atoms with Gasteiger partial charge in [-0.25, -0.2) is 9.37 Å². The van der Waals surface area contributed by atoms with E-state index >= 15 is 0 Å². The molecule has 4 heteroatoms. The molecule has 0 N–H and O–H groups in total. The number of rotatable bonds is 3. The van der Waals surface area contributed by atoms with Crippen LogP contribution in [0.4, 0.5) is 4.39 Å². The van der Waals surface area contributed by atoms with Gasteiger partial charge < -0.3 is 4.57 Å². The molecule has 0 aliphatic rings. The Bertz CT molecular complexity index is 760. The maximum atomic E-state index is 13.5. The molecule has 0 bridgehead atoms. The molecule has 1 heterocycles. The van der Waals surface area contributed by atoms with Gasteiger partial charge >= 0.3 is 0 Å². The molecule has 1 aromatic heterocycles. The van der Waals surface area contributed by atoms with Crippen molar-refractivity contribution in [2.75, 3.05) is 0 Å². The summed E-state index contributed by atoms with van der Waals surface area (Å²) in [4.78, 5) is 4.45. The Morgan fingerprint density at radius 2 is 2.00 bits per heavy atom. The number of hydrogen-bond acceptors (Lipinski definition) is 1. The Labute approximate surface area is 131 Å². The van der Waals surface area contributed by atoms with E-state index in [4.69, 9.17) is 0 Å². The van der Waals surface area contributed by atoms with Crippen molar-refractivity contribution in [2.24, 2.45) is 0 Å². The fraction of sp³-hybridized carbons (Fsp3) is 0.118. The highest BCUT2D eigenvalue weighted by molar-refractivity contribution is 9.10. The molecule has 0 saturated carbocycles. The van der Waals surface area contributed by atoms with Crippen molar-refractivity contribution in [3.8, 4) is 11.4 Å². The van der Waals surface area contributed by atoms with Crippen molar-refractivity contribution in [3.05, 3.63) is 76.3 Å². The topological polar surface area (TPSA) is 17.8 Å². The van der Waals surface area contributed by atoms with E-state index in [2.05, 4.69) is 40.0 Å². The SMILES string of the molecule is Cc1ccccc1-c1nccn1Cc1cc(F)cc(Br)c1. The highest BCUT2D eigenvalue weighted by atomic mass is 79.9. The number of benzene rings is 2. The summed E-state index contributed by atoms with van der Waals surface area (Å²) in [5.41, 5.74) is 3.16. The minimum atomic E-state index is -0.239. The van der Waals surface area contributed by atoms with E-state index in [1.165, 1.54) is 11.6 Å². The van der Waals surface area contributed by atoms with E-state index in [9.17, 15) is 4.39 Å². The maximum absolute atomic E-state index is 13.5. The molecule has 0 spiro atoms. The van der Waals surface area contributed by atoms with E-state index in [0.29, 0.717) is 6.54 Å². The molecular weight excluding hydrogens is 331 g/mol. The van der Waals surface area contributed by atoms with Crippen molar-refractivity contribution in [1.29, 1.82) is 0 Å². The van der Waals surface area contributed by atoms with Crippen LogP contribution in [0.5, 0.6) is 0 Å². The minimum absolute atomic E-state index is 0.239. The highest BCUT2D eigenvalue weighted by Gasteiger charge is 2.09. The molecule has 3 aromatic rings.